The lowest BCUT2D eigenvalue weighted by Crippen LogP contribution is -2.33. The minimum absolute atomic E-state index is 0.122. The Morgan fingerprint density at radius 2 is 2.17 bits per heavy atom. The van der Waals surface area contributed by atoms with Crippen molar-refractivity contribution >= 4 is 5.91 Å². The highest BCUT2D eigenvalue weighted by Crippen LogP contribution is 2.23. The Hall–Kier alpha value is -1.62. The van der Waals surface area contributed by atoms with Crippen molar-refractivity contribution in [3.63, 3.8) is 0 Å². The number of carbonyl (C=O) groups is 1. The maximum Gasteiger partial charge on any atom is 0.258 e. The molecular formula is C13H19FN2O2. The number of benzene rings is 1. The molecule has 18 heavy (non-hydrogen) atoms. The molecule has 100 valence electrons. The first-order chi connectivity index (χ1) is 8.43. The van der Waals surface area contributed by atoms with E-state index in [1.54, 1.807) is 6.92 Å². The van der Waals surface area contributed by atoms with E-state index in [1.165, 1.54) is 18.2 Å². The predicted molar refractivity (Wildman–Crippen MR) is 67.7 cm³/mol. The molecule has 4 N–H and O–H groups in total. The van der Waals surface area contributed by atoms with Gasteiger partial charge in [0.2, 0.25) is 0 Å². The minimum atomic E-state index is -0.706. The maximum absolute atomic E-state index is 13.2. The third kappa shape index (κ3) is 4.00. The molecule has 0 saturated carbocycles. The first-order valence-electron chi connectivity index (χ1n) is 5.94. The highest BCUT2D eigenvalue weighted by Gasteiger charge is 2.17. The summed E-state index contributed by atoms with van der Waals surface area (Å²) >= 11 is 0. The zero-order valence-corrected chi connectivity index (χ0v) is 10.7. The van der Waals surface area contributed by atoms with E-state index in [1.807, 2.05) is 6.92 Å². The van der Waals surface area contributed by atoms with Crippen LogP contribution in [0.2, 0.25) is 0 Å². The number of carbonyl (C=O) groups excluding carboxylic acids is 1. The van der Waals surface area contributed by atoms with Gasteiger partial charge in [0.05, 0.1) is 0 Å². The van der Waals surface area contributed by atoms with E-state index in [-0.39, 0.29) is 11.9 Å². The Labute approximate surface area is 106 Å². The third-order valence-corrected chi connectivity index (χ3v) is 2.52. The zero-order valence-electron chi connectivity index (χ0n) is 10.7. The lowest BCUT2D eigenvalue weighted by molar-refractivity contribution is -0.124. The Morgan fingerprint density at radius 3 is 2.67 bits per heavy atom. The van der Waals surface area contributed by atoms with Gasteiger partial charge >= 0.3 is 0 Å². The molecule has 1 amide bonds. The van der Waals surface area contributed by atoms with Gasteiger partial charge in [0, 0.05) is 6.04 Å². The van der Waals surface area contributed by atoms with Gasteiger partial charge in [0.25, 0.3) is 5.91 Å². The minimum Gasteiger partial charge on any atom is -0.480 e. The molecule has 0 spiro atoms. The second kappa shape index (κ2) is 6.35. The van der Waals surface area contributed by atoms with Crippen molar-refractivity contribution in [1.82, 2.24) is 0 Å². The van der Waals surface area contributed by atoms with Crippen LogP contribution in [0.4, 0.5) is 4.39 Å². The molecule has 2 atom stereocenters. The van der Waals surface area contributed by atoms with E-state index in [9.17, 15) is 9.18 Å². The zero-order chi connectivity index (χ0) is 13.7. The van der Waals surface area contributed by atoms with Gasteiger partial charge in [0.15, 0.2) is 6.10 Å². The lowest BCUT2D eigenvalue weighted by atomic mass is 10.1. The van der Waals surface area contributed by atoms with Crippen molar-refractivity contribution in [2.45, 2.75) is 38.8 Å². The van der Waals surface area contributed by atoms with Crippen LogP contribution in [0.1, 0.15) is 25.8 Å². The van der Waals surface area contributed by atoms with Gasteiger partial charge in [-0.15, -0.1) is 0 Å². The molecule has 0 aliphatic heterocycles. The van der Waals surface area contributed by atoms with Gasteiger partial charge in [0.1, 0.15) is 11.6 Å². The van der Waals surface area contributed by atoms with E-state index < -0.39 is 12.0 Å². The van der Waals surface area contributed by atoms with Crippen molar-refractivity contribution in [3.05, 3.63) is 29.6 Å². The predicted octanol–water partition coefficient (Wildman–Crippen LogP) is 1.36. The number of rotatable bonds is 6. The monoisotopic (exact) mass is 254 g/mol. The molecule has 0 saturated heterocycles. The molecule has 0 fully saturated rings. The standard InChI is InChI=1S/C13H19FN2O2/c1-3-11(13(16)17)18-12-5-4-10(14)7-9(12)6-8(2)15/h4-5,7-8,11H,3,6,15H2,1-2H3,(H2,16,17). The van der Waals surface area contributed by atoms with E-state index >= 15 is 0 Å². The molecule has 4 nitrogen and oxygen atoms in total. The average Bonchev–Trinajstić information content (AvgIpc) is 2.26. The number of hydrogen-bond acceptors (Lipinski definition) is 3. The van der Waals surface area contributed by atoms with E-state index in [0.717, 1.165) is 0 Å². The highest BCUT2D eigenvalue weighted by atomic mass is 19.1. The van der Waals surface area contributed by atoms with Crippen LogP contribution < -0.4 is 16.2 Å². The molecule has 0 heterocycles. The molecule has 0 radical (unpaired) electrons. The summed E-state index contributed by atoms with van der Waals surface area (Å²) in [6, 6.07) is 4.03. The van der Waals surface area contributed by atoms with Crippen LogP contribution in [-0.2, 0) is 11.2 Å². The molecule has 1 aromatic carbocycles. The van der Waals surface area contributed by atoms with Crippen molar-refractivity contribution in [2.24, 2.45) is 11.5 Å². The molecular weight excluding hydrogens is 235 g/mol. The summed E-state index contributed by atoms with van der Waals surface area (Å²) in [5.41, 5.74) is 11.6. The van der Waals surface area contributed by atoms with Crippen LogP contribution >= 0.6 is 0 Å². The Balaban J connectivity index is 2.96. The Morgan fingerprint density at radius 1 is 1.50 bits per heavy atom. The molecule has 1 rings (SSSR count). The molecule has 5 heteroatoms. The van der Waals surface area contributed by atoms with Crippen molar-refractivity contribution in [3.8, 4) is 5.75 Å². The summed E-state index contributed by atoms with van der Waals surface area (Å²) in [4.78, 5) is 11.1. The third-order valence-electron chi connectivity index (χ3n) is 2.52. The summed E-state index contributed by atoms with van der Waals surface area (Å²) in [6.07, 6.45) is 0.231. The van der Waals surface area contributed by atoms with E-state index in [4.69, 9.17) is 16.2 Å². The topological polar surface area (TPSA) is 78.3 Å². The largest absolute Gasteiger partial charge is 0.480 e. The fraction of sp³-hybridized carbons (Fsp3) is 0.462. The molecule has 0 aromatic heterocycles. The summed E-state index contributed by atoms with van der Waals surface area (Å²) in [5.74, 6) is -0.432. The van der Waals surface area contributed by atoms with Crippen LogP contribution in [0.15, 0.2) is 18.2 Å². The second-order valence-electron chi connectivity index (χ2n) is 4.35. The molecule has 1 aromatic rings. The van der Waals surface area contributed by atoms with Gasteiger partial charge in [-0.25, -0.2) is 4.39 Å². The number of nitrogens with two attached hydrogens (primary N) is 2. The summed E-state index contributed by atoms with van der Waals surface area (Å²) in [6.45, 7) is 3.62. The van der Waals surface area contributed by atoms with Gasteiger partial charge in [-0.05, 0) is 43.5 Å². The van der Waals surface area contributed by atoms with Crippen LogP contribution in [0.25, 0.3) is 0 Å². The number of amides is 1. The van der Waals surface area contributed by atoms with Gasteiger partial charge < -0.3 is 16.2 Å². The first-order valence-corrected chi connectivity index (χ1v) is 5.94. The smallest absolute Gasteiger partial charge is 0.258 e. The van der Waals surface area contributed by atoms with E-state index in [2.05, 4.69) is 0 Å². The lowest BCUT2D eigenvalue weighted by Gasteiger charge is -2.18. The summed E-state index contributed by atoms with van der Waals surface area (Å²) in [5, 5.41) is 0. The number of primary amides is 1. The van der Waals surface area contributed by atoms with Crippen molar-refractivity contribution in [1.29, 1.82) is 0 Å². The molecule has 0 aliphatic carbocycles. The van der Waals surface area contributed by atoms with Gasteiger partial charge in [-0.3, -0.25) is 4.79 Å². The molecule has 0 aliphatic rings. The van der Waals surface area contributed by atoms with E-state index in [0.29, 0.717) is 24.2 Å². The fourth-order valence-electron chi connectivity index (χ4n) is 1.67. The highest BCUT2D eigenvalue weighted by molar-refractivity contribution is 5.79. The van der Waals surface area contributed by atoms with Crippen LogP contribution in [0.3, 0.4) is 0 Å². The summed E-state index contributed by atoms with van der Waals surface area (Å²) in [7, 11) is 0. The normalized spacial score (nSPS) is 14.0. The molecule has 2 unspecified atom stereocenters. The summed E-state index contributed by atoms with van der Waals surface area (Å²) < 4.78 is 18.7. The van der Waals surface area contributed by atoms with Gasteiger partial charge in [-0.1, -0.05) is 6.92 Å². The van der Waals surface area contributed by atoms with Crippen molar-refractivity contribution < 1.29 is 13.9 Å². The quantitative estimate of drug-likeness (QED) is 0.804. The van der Waals surface area contributed by atoms with Crippen LogP contribution in [-0.4, -0.2) is 18.1 Å². The van der Waals surface area contributed by atoms with Crippen molar-refractivity contribution in [2.75, 3.05) is 0 Å². The van der Waals surface area contributed by atoms with Crippen LogP contribution in [0.5, 0.6) is 5.75 Å². The average molecular weight is 254 g/mol. The number of halogens is 1. The molecule has 0 bridgehead atoms. The van der Waals surface area contributed by atoms with Gasteiger partial charge in [-0.2, -0.15) is 0 Å². The number of ether oxygens (including phenoxy) is 1. The SMILES string of the molecule is CCC(Oc1ccc(F)cc1CC(C)N)C(N)=O. The fourth-order valence-corrected chi connectivity index (χ4v) is 1.67. The Bertz CT molecular complexity index is 421. The Kier molecular flexibility index (Phi) is 5.09. The second-order valence-corrected chi connectivity index (χ2v) is 4.35. The first kappa shape index (κ1) is 14.4. The maximum atomic E-state index is 13.2. The number of hydrogen-bond donors (Lipinski definition) is 2. The van der Waals surface area contributed by atoms with Crippen LogP contribution in [0, 0.1) is 5.82 Å².